The van der Waals surface area contributed by atoms with Crippen LogP contribution in [0.5, 0.6) is 0 Å². The summed E-state index contributed by atoms with van der Waals surface area (Å²) < 4.78 is 32.4. The molecule has 7 heteroatoms. The molecule has 3 aromatic rings. The molecule has 1 aromatic carbocycles. The molecule has 0 unspecified atom stereocenters. The molecule has 0 aliphatic carbocycles. The Morgan fingerprint density at radius 1 is 1.17 bits per heavy atom. The first-order valence-electron chi connectivity index (χ1n) is 7.50. The van der Waals surface area contributed by atoms with Crippen LogP contribution in [0.2, 0.25) is 0 Å². The van der Waals surface area contributed by atoms with Gasteiger partial charge in [-0.05, 0) is 17.7 Å². The Hall–Kier alpha value is -2.67. The summed E-state index contributed by atoms with van der Waals surface area (Å²) in [6, 6.07) is 5.45. The number of hydrogen-bond donors (Lipinski definition) is 1. The van der Waals surface area contributed by atoms with Crippen LogP contribution in [0.1, 0.15) is 5.56 Å². The van der Waals surface area contributed by atoms with Gasteiger partial charge in [0.25, 0.3) is 0 Å². The van der Waals surface area contributed by atoms with Crippen molar-refractivity contribution in [2.45, 2.75) is 12.0 Å². The Morgan fingerprint density at radius 2 is 2.04 bits per heavy atom. The number of benzene rings is 1. The Balaban J connectivity index is 1.65. The van der Waals surface area contributed by atoms with E-state index in [1.165, 1.54) is 18.5 Å². The molecule has 3 heterocycles. The second-order valence-electron chi connectivity index (χ2n) is 5.93. The van der Waals surface area contributed by atoms with Crippen molar-refractivity contribution in [3.63, 3.8) is 0 Å². The van der Waals surface area contributed by atoms with Gasteiger partial charge in [-0.2, -0.15) is 0 Å². The lowest BCUT2D eigenvalue weighted by molar-refractivity contribution is -0.0415. The smallest absolute Gasteiger partial charge is 0.138 e. The van der Waals surface area contributed by atoms with E-state index >= 15 is 0 Å². The fourth-order valence-corrected chi connectivity index (χ4v) is 2.85. The van der Waals surface area contributed by atoms with Crippen molar-refractivity contribution in [2.24, 2.45) is 0 Å². The molecule has 2 aromatic heterocycles. The summed E-state index contributed by atoms with van der Waals surface area (Å²) in [4.78, 5) is 12.5. The number of nitrogens with zero attached hydrogens (tertiary/aromatic N) is 3. The Labute approximate surface area is 136 Å². The monoisotopic (exact) mass is 328 g/mol. The molecule has 0 saturated carbocycles. The minimum Gasteiger partial charge on any atom is -0.376 e. The molecule has 0 atom stereocenters. The summed E-state index contributed by atoms with van der Waals surface area (Å²) in [6.45, 7) is 0.834. The average molecular weight is 328 g/mol. The third-order valence-electron chi connectivity index (χ3n) is 4.12. The second-order valence-corrected chi connectivity index (χ2v) is 5.93. The number of hydrogen-bond acceptors (Lipinski definition) is 5. The van der Waals surface area contributed by atoms with E-state index in [1.807, 2.05) is 6.07 Å². The summed E-state index contributed by atoms with van der Waals surface area (Å²) in [5, 5.41) is 4.19. The van der Waals surface area contributed by atoms with Crippen LogP contribution in [0, 0.1) is 11.6 Å². The highest BCUT2D eigenvalue weighted by molar-refractivity contribution is 5.88. The van der Waals surface area contributed by atoms with E-state index in [4.69, 9.17) is 4.74 Å². The number of anilines is 1. The van der Waals surface area contributed by atoms with Crippen molar-refractivity contribution < 1.29 is 13.5 Å². The van der Waals surface area contributed by atoms with Gasteiger partial charge in [-0.15, -0.1) is 0 Å². The molecule has 1 aliphatic heterocycles. The predicted molar refractivity (Wildman–Crippen MR) is 84.6 cm³/mol. The molecule has 0 spiro atoms. The molecule has 24 heavy (non-hydrogen) atoms. The molecule has 122 valence electrons. The zero-order chi connectivity index (χ0) is 16.6. The Bertz CT molecular complexity index is 893. The van der Waals surface area contributed by atoms with Crippen molar-refractivity contribution in [1.29, 1.82) is 0 Å². The minimum absolute atomic E-state index is 0.371. The third-order valence-corrected chi connectivity index (χ3v) is 4.12. The molecule has 1 saturated heterocycles. The van der Waals surface area contributed by atoms with Crippen LogP contribution in [-0.2, 0) is 11.2 Å². The highest BCUT2D eigenvalue weighted by Crippen LogP contribution is 2.30. The molecule has 1 N–H and O–H groups in total. The summed E-state index contributed by atoms with van der Waals surface area (Å²) in [7, 11) is 0. The highest BCUT2D eigenvalue weighted by atomic mass is 19.1. The number of aromatic nitrogens is 3. The summed E-state index contributed by atoms with van der Waals surface area (Å²) in [5.74, 6) is -0.495. The zero-order valence-corrected chi connectivity index (χ0v) is 12.7. The van der Waals surface area contributed by atoms with E-state index in [1.54, 1.807) is 12.4 Å². The number of fused-ring (bicyclic) bond motifs is 1. The number of nitrogens with one attached hydrogen (secondary N) is 1. The number of pyridine rings is 1. The summed E-state index contributed by atoms with van der Waals surface area (Å²) >= 11 is 0. The average Bonchev–Trinajstić information content (AvgIpc) is 2.55. The van der Waals surface area contributed by atoms with Gasteiger partial charge in [0.15, 0.2) is 0 Å². The lowest BCUT2D eigenvalue weighted by Gasteiger charge is -2.42. The first-order valence-corrected chi connectivity index (χ1v) is 7.50. The van der Waals surface area contributed by atoms with Crippen LogP contribution in [0.4, 0.5) is 14.6 Å². The van der Waals surface area contributed by atoms with Crippen LogP contribution in [0.3, 0.4) is 0 Å². The third kappa shape index (κ3) is 2.67. The van der Waals surface area contributed by atoms with Gasteiger partial charge >= 0.3 is 0 Å². The maximum atomic E-state index is 14.0. The van der Waals surface area contributed by atoms with Crippen LogP contribution < -0.4 is 5.32 Å². The van der Waals surface area contributed by atoms with Crippen molar-refractivity contribution >= 4 is 16.7 Å². The van der Waals surface area contributed by atoms with E-state index < -0.39 is 17.2 Å². The highest BCUT2D eigenvalue weighted by Gasteiger charge is 2.40. The van der Waals surface area contributed by atoms with Crippen molar-refractivity contribution in [1.82, 2.24) is 15.0 Å². The minimum atomic E-state index is -0.586. The quantitative estimate of drug-likeness (QED) is 0.798. The van der Waals surface area contributed by atoms with Gasteiger partial charge in [0.1, 0.15) is 23.8 Å². The first-order chi connectivity index (χ1) is 11.7. The fraction of sp³-hybridized carbons (Fsp3) is 0.235. The van der Waals surface area contributed by atoms with E-state index in [9.17, 15) is 8.78 Å². The van der Waals surface area contributed by atoms with Crippen molar-refractivity contribution in [2.75, 3.05) is 18.5 Å². The second kappa shape index (κ2) is 5.76. The van der Waals surface area contributed by atoms with Crippen molar-refractivity contribution in [3.8, 4) is 0 Å². The van der Waals surface area contributed by atoms with E-state index in [0.717, 1.165) is 17.0 Å². The molecule has 1 fully saturated rings. The van der Waals surface area contributed by atoms with E-state index in [0.29, 0.717) is 31.0 Å². The molecular weight excluding hydrogens is 314 g/mol. The van der Waals surface area contributed by atoms with Gasteiger partial charge in [-0.1, -0.05) is 6.07 Å². The molecule has 0 radical (unpaired) electrons. The van der Waals surface area contributed by atoms with Gasteiger partial charge in [0.2, 0.25) is 0 Å². The fourth-order valence-electron chi connectivity index (χ4n) is 2.85. The summed E-state index contributed by atoms with van der Waals surface area (Å²) in [6.07, 6.45) is 5.15. The van der Waals surface area contributed by atoms with E-state index in [2.05, 4.69) is 20.3 Å². The van der Waals surface area contributed by atoms with E-state index in [-0.39, 0.29) is 0 Å². The van der Waals surface area contributed by atoms with Crippen molar-refractivity contribution in [3.05, 3.63) is 60.2 Å². The standard InChI is InChI=1S/C17H14F2N4O/c18-12-2-1-11(14(19)5-12)6-17(8-24-9-17)23-16-13-3-4-20-7-15(13)21-10-22-16/h1-5,7,10H,6,8-9H2,(H,21,22,23). The molecule has 0 bridgehead atoms. The predicted octanol–water partition coefficient (Wildman–Crippen LogP) is 2.73. The van der Waals surface area contributed by atoms with Crippen LogP contribution in [-0.4, -0.2) is 33.7 Å². The SMILES string of the molecule is Fc1ccc(CC2(Nc3ncnc4cnccc34)COC2)c(F)c1. The van der Waals surface area contributed by atoms with Crippen LogP contribution in [0.15, 0.2) is 43.0 Å². The number of rotatable bonds is 4. The molecule has 0 amide bonds. The summed E-state index contributed by atoms with van der Waals surface area (Å²) in [5.41, 5.74) is 0.675. The number of ether oxygens (including phenoxy) is 1. The van der Waals surface area contributed by atoms with Gasteiger partial charge in [0, 0.05) is 24.1 Å². The van der Waals surface area contributed by atoms with Crippen LogP contribution in [0.25, 0.3) is 10.9 Å². The lowest BCUT2D eigenvalue weighted by Crippen LogP contribution is -2.57. The van der Waals surface area contributed by atoms with Gasteiger partial charge in [-0.25, -0.2) is 18.7 Å². The van der Waals surface area contributed by atoms with Gasteiger partial charge in [0.05, 0.1) is 30.5 Å². The molecule has 5 nitrogen and oxygen atoms in total. The largest absolute Gasteiger partial charge is 0.376 e. The lowest BCUT2D eigenvalue weighted by atomic mass is 9.88. The van der Waals surface area contributed by atoms with Gasteiger partial charge < -0.3 is 10.1 Å². The Morgan fingerprint density at radius 3 is 2.79 bits per heavy atom. The number of halogens is 2. The van der Waals surface area contributed by atoms with Crippen LogP contribution >= 0.6 is 0 Å². The molecular formula is C17H14F2N4O. The maximum absolute atomic E-state index is 14.0. The Kier molecular flexibility index (Phi) is 3.57. The first kappa shape index (κ1) is 14.9. The van der Waals surface area contributed by atoms with Gasteiger partial charge in [-0.3, -0.25) is 4.98 Å². The zero-order valence-electron chi connectivity index (χ0n) is 12.7. The normalized spacial score (nSPS) is 15.9. The molecule has 4 rings (SSSR count). The maximum Gasteiger partial charge on any atom is 0.138 e. The topological polar surface area (TPSA) is 59.9 Å². The molecule has 1 aliphatic rings.